The lowest BCUT2D eigenvalue weighted by molar-refractivity contribution is -0.123. The first kappa shape index (κ1) is 17.5. The van der Waals surface area contributed by atoms with Crippen LogP contribution in [0.25, 0.3) is 0 Å². The molecule has 0 bridgehead atoms. The van der Waals surface area contributed by atoms with Crippen molar-refractivity contribution in [2.45, 2.75) is 18.6 Å². The third-order valence-electron chi connectivity index (χ3n) is 3.56. The van der Waals surface area contributed by atoms with Crippen LogP contribution in [0.1, 0.15) is 12.0 Å². The summed E-state index contributed by atoms with van der Waals surface area (Å²) >= 11 is 7.29. The number of amidine groups is 1. The van der Waals surface area contributed by atoms with Crippen LogP contribution in [0.2, 0.25) is 5.02 Å². The van der Waals surface area contributed by atoms with Crippen molar-refractivity contribution in [3.63, 3.8) is 0 Å². The van der Waals surface area contributed by atoms with Gasteiger partial charge in [-0.25, -0.2) is 4.99 Å². The van der Waals surface area contributed by atoms with Crippen molar-refractivity contribution in [3.05, 3.63) is 59.1 Å². The van der Waals surface area contributed by atoms with Crippen molar-refractivity contribution in [1.29, 1.82) is 0 Å². The molecule has 0 saturated carbocycles. The zero-order chi connectivity index (χ0) is 17.8. The van der Waals surface area contributed by atoms with E-state index in [0.717, 1.165) is 11.3 Å². The van der Waals surface area contributed by atoms with Crippen LogP contribution in [0.4, 0.5) is 11.4 Å². The SMILES string of the molecule is Cc1ccc(N=C2NC(=O)C[C@H](C(=O)Nc3ccccc3Cl)S2)cc1. The van der Waals surface area contributed by atoms with Crippen LogP contribution >= 0.6 is 23.4 Å². The second kappa shape index (κ2) is 7.72. The average Bonchev–Trinajstić information content (AvgIpc) is 2.58. The van der Waals surface area contributed by atoms with Crippen LogP contribution in [0.15, 0.2) is 53.5 Å². The second-order valence-corrected chi connectivity index (χ2v) is 7.18. The van der Waals surface area contributed by atoms with Crippen molar-refractivity contribution in [2.24, 2.45) is 4.99 Å². The number of nitrogens with zero attached hydrogens (tertiary/aromatic N) is 1. The molecule has 25 heavy (non-hydrogen) atoms. The van der Waals surface area contributed by atoms with E-state index < -0.39 is 5.25 Å². The Morgan fingerprint density at radius 3 is 2.68 bits per heavy atom. The Balaban J connectivity index is 1.74. The number of benzene rings is 2. The summed E-state index contributed by atoms with van der Waals surface area (Å²) < 4.78 is 0. The van der Waals surface area contributed by atoms with Crippen LogP contribution < -0.4 is 10.6 Å². The fraction of sp³-hybridized carbons (Fsp3) is 0.167. The predicted molar refractivity (Wildman–Crippen MR) is 102 cm³/mol. The molecular formula is C18H16ClN3O2S. The number of nitrogens with one attached hydrogen (secondary N) is 2. The Kier molecular flexibility index (Phi) is 5.40. The zero-order valence-corrected chi connectivity index (χ0v) is 15.0. The van der Waals surface area contributed by atoms with Crippen molar-refractivity contribution in [1.82, 2.24) is 5.32 Å². The maximum atomic E-state index is 12.5. The van der Waals surface area contributed by atoms with Gasteiger partial charge < -0.3 is 10.6 Å². The first-order chi connectivity index (χ1) is 12.0. The number of carbonyl (C=O) groups excluding carboxylic acids is 2. The highest BCUT2D eigenvalue weighted by Gasteiger charge is 2.30. The van der Waals surface area contributed by atoms with E-state index in [2.05, 4.69) is 15.6 Å². The summed E-state index contributed by atoms with van der Waals surface area (Å²) in [6.07, 6.45) is 0.0911. The average molecular weight is 374 g/mol. The van der Waals surface area contributed by atoms with Crippen LogP contribution in [-0.2, 0) is 9.59 Å². The Hall–Kier alpha value is -2.31. The largest absolute Gasteiger partial charge is 0.324 e. The minimum Gasteiger partial charge on any atom is -0.324 e. The van der Waals surface area contributed by atoms with E-state index in [0.29, 0.717) is 15.9 Å². The van der Waals surface area contributed by atoms with Crippen LogP contribution in [0.5, 0.6) is 0 Å². The van der Waals surface area contributed by atoms with Gasteiger partial charge >= 0.3 is 0 Å². The molecule has 2 amide bonds. The molecule has 1 aliphatic heterocycles. The number of hydrogen-bond acceptors (Lipinski definition) is 4. The fourth-order valence-corrected chi connectivity index (χ4v) is 3.44. The van der Waals surface area contributed by atoms with Gasteiger partial charge in [-0.1, -0.05) is 53.2 Å². The molecule has 2 N–H and O–H groups in total. The van der Waals surface area contributed by atoms with Gasteiger partial charge in [0, 0.05) is 6.42 Å². The number of anilines is 1. The minimum atomic E-state index is -0.561. The normalized spacial score (nSPS) is 18.7. The monoisotopic (exact) mass is 373 g/mol. The van der Waals surface area contributed by atoms with Crippen LogP contribution in [-0.4, -0.2) is 22.2 Å². The van der Waals surface area contributed by atoms with Gasteiger partial charge in [0.25, 0.3) is 0 Å². The number of amides is 2. The van der Waals surface area contributed by atoms with Gasteiger partial charge in [-0.15, -0.1) is 0 Å². The lowest BCUT2D eigenvalue weighted by atomic mass is 10.2. The third kappa shape index (κ3) is 4.61. The number of aryl methyl sites for hydroxylation is 1. The smallest absolute Gasteiger partial charge is 0.238 e. The summed E-state index contributed by atoms with van der Waals surface area (Å²) in [6, 6.07) is 14.6. The molecule has 1 fully saturated rings. The lowest BCUT2D eigenvalue weighted by Gasteiger charge is -2.22. The second-order valence-electron chi connectivity index (χ2n) is 5.58. The highest BCUT2D eigenvalue weighted by atomic mass is 35.5. The van der Waals surface area contributed by atoms with E-state index in [1.165, 1.54) is 11.8 Å². The Bertz CT molecular complexity index is 836. The molecule has 1 aliphatic rings. The van der Waals surface area contributed by atoms with Crippen LogP contribution in [0, 0.1) is 6.92 Å². The van der Waals surface area contributed by atoms with E-state index in [1.54, 1.807) is 24.3 Å². The molecule has 0 unspecified atom stereocenters. The number of para-hydroxylation sites is 1. The fourth-order valence-electron chi connectivity index (χ4n) is 2.26. The Morgan fingerprint density at radius 1 is 1.24 bits per heavy atom. The molecule has 0 aliphatic carbocycles. The van der Waals surface area contributed by atoms with Crippen molar-refractivity contribution in [2.75, 3.05) is 5.32 Å². The molecule has 128 valence electrons. The molecule has 1 atom stereocenters. The zero-order valence-electron chi connectivity index (χ0n) is 13.5. The quantitative estimate of drug-likeness (QED) is 0.857. The number of carbonyl (C=O) groups is 2. The highest BCUT2D eigenvalue weighted by molar-refractivity contribution is 8.15. The van der Waals surface area contributed by atoms with E-state index >= 15 is 0 Å². The van der Waals surface area contributed by atoms with E-state index in [-0.39, 0.29) is 18.2 Å². The van der Waals surface area contributed by atoms with Gasteiger partial charge in [0.15, 0.2) is 5.17 Å². The number of thioether (sulfide) groups is 1. The van der Waals surface area contributed by atoms with Crippen LogP contribution in [0.3, 0.4) is 0 Å². The molecule has 0 radical (unpaired) electrons. The number of aliphatic imine (C=N–C) groups is 1. The summed E-state index contributed by atoms with van der Waals surface area (Å²) in [6.45, 7) is 1.99. The molecule has 2 aromatic rings. The Labute approximate surface area is 154 Å². The summed E-state index contributed by atoms with van der Waals surface area (Å²) in [5, 5.41) is 5.78. The lowest BCUT2D eigenvalue weighted by Crippen LogP contribution is -2.41. The molecule has 7 heteroatoms. The summed E-state index contributed by atoms with van der Waals surface area (Å²) in [7, 11) is 0. The first-order valence-corrected chi connectivity index (χ1v) is 8.94. The van der Waals surface area contributed by atoms with Crippen molar-refractivity contribution >= 4 is 51.7 Å². The molecule has 1 saturated heterocycles. The number of hydrogen-bond donors (Lipinski definition) is 2. The van der Waals surface area contributed by atoms with E-state index in [4.69, 9.17) is 11.6 Å². The van der Waals surface area contributed by atoms with Crippen molar-refractivity contribution in [3.8, 4) is 0 Å². The van der Waals surface area contributed by atoms with Gasteiger partial charge in [-0.3, -0.25) is 9.59 Å². The number of rotatable bonds is 3. The summed E-state index contributed by atoms with van der Waals surface area (Å²) in [5.74, 6) is -0.506. The topological polar surface area (TPSA) is 70.6 Å². The van der Waals surface area contributed by atoms with Gasteiger partial charge in [0.1, 0.15) is 5.25 Å². The van der Waals surface area contributed by atoms with Gasteiger partial charge in [-0.2, -0.15) is 0 Å². The minimum absolute atomic E-state index is 0.0911. The molecule has 2 aromatic carbocycles. The van der Waals surface area contributed by atoms with Gasteiger partial charge in [0.05, 0.1) is 16.4 Å². The summed E-state index contributed by atoms with van der Waals surface area (Å²) in [5.41, 5.74) is 2.37. The molecule has 5 nitrogen and oxygen atoms in total. The maximum Gasteiger partial charge on any atom is 0.238 e. The molecule has 1 heterocycles. The highest BCUT2D eigenvalue weighted by Crippen LogP contribution is 2.26. The number of halogens is 1. The standard InChI is InChI=1S/C18H16ClN3O2S/c1-11-6-8-12(9-7-11)20-18-22-16(23)10-15(25-18)17(24)21-14-5-3-2-4-13(14)19/h2-9,15H,10H2,1H3,(H,21,24)(H,20,22,23)/t15-/m1/s1. The van der Waals surface area contributed by atoms with Gasteiger partial charge in [-0.05, 0) is 31.2 Å². The molecule has 3 rings (SSSR count). The third-order valence-corrected chi connectivity index (χ3v) is 4.97. The molecule has 0 aromatic heterocycles. The van der Waals surface area contributed by atoms with E-state index in [9.17, 15) is 9.59 Å². The maximum absolute atomic E-state index is 12.5. The molecular weight excluding hydrogens is 358 g/mol. The first-order valence-electron chi connectivity index (χ1n) is 7.68. The Morgan fingerprint density at radius 2 is 1.96 bits per heavy atom. The predicted octanol–water partition coefficient (Wildman–Crippen LogP) is 3.90. The summed E-state index contributed by atoms with van der Waals surface area (Å²) in [4.78, 5) is 28.8. The van der Waals surface area contributed by atoms with Crippen molar-refractivity contribution < 1.29 is 9.59 Å². The van der Waals surface area contributed by atoms with Gasteiger partial charge in [0.2, 0.25) is 11.8 Å². The van der Waals surface area contributed by atoms with E-state index in [1.807, 2.05) is 31.2 Å². The molecule has 0 spiro atoms.